The molecule has 0 aliphatic heterocycles. The van der Waals surface area contributed by atoms with Crippen LogP contribution in [0.5, 0.6) is 34.5 Å². The van der Waals surface area contributed by atoms with E-state index in [1.807, 2.05) is 48.5 Å². The molecule has 0 atom stereocenters. The highest BCUT2D eigenvalue weighted by atomic mass is 16.5. The number of fused-ring (bicyclic) bond motifs is 2. The first-order valence-electron chi connectivity index (χ1n) is 23.2. The lowest BCUT2D eigenvalue weighted by Gasteiger charge is -2.09. The molecule has 0 heterocycles. The standard InChI is InChI=1S/C55H62N2O8/c1-3-5-7-14-30-62-48-24-20-40-32-44(18-16-42(40)34-48)54(60)64-50-26-22-46(52(58)36-50)38-56-28-12-10-9-11-13-29-57-39-47-23-27-51(37-53(47)59)65-55(61)45-19-17-43-35-49(25-21-41(43)33-45)63-31-15-8-6-4-2/h16-27,32-39,58-59H,3-15,28-31H2,1-2H3. The van der Waals surface area contributed by atoms with Crippen LogP contribution in [0.1, 0.15) is 129 Å². The number of nitrogens with zero attached hydrogens (tertiary/aromatic N) is 2. The minimum Gasteiger partial charge on any atom is -0.507 e. The Bertz CT molecular complexity index is 2370. The summed E-state index contributed by atoms with van der Waals surface area (Å²) in [7, 11) is 0. The molecule has 0 aromatic heterocycles. The predicted octanol–water partition coefficient (Wildman–Crippen LogP) is 13.2. The van der Waals surface area contributed by atoms with Crippen LogP contribution in [0.4, 0.5) is 0 Å². The van der Waals surface area contributed by atoms with Crippen molar-refractivity contribution >= 4 is 45.9 Å². The van der Waals surface area contributed by atoms with Crippen LogP contribution in [-0.4, -0.2) is 60.9 Å². The van der Waals surface area contributed by atoms with E-state index in [-0.39, 0.29) is 23.0 Å². The van der Waals surface area contributed by atoms with Crippen molar-refractivity contribution in [3.05, 3.63) is 131 Å². The SMILES string of the molecule is CCCCCCOc1ccc2cc(C(=O)Oc3ccc(C=NCCCCCCCN=Cc4ccc(OC(=O)c5ccc6cc(OCCCCCC)ccc6c5)cc4O)c(O)c3)ccc2c1. The van der Waals surface area contributed by atoms with Gasteiger partial charge >= 0.3 is 11.9 Å². The zero-order chi connectivity index (χ0) is 45.6. The molecule has 2 N–H and O–H groups in total. The maximum absolute atomic E-state index is 12.9. The van der Waals surface area contributed by atoms with E-state index in [4.69, 9.17) is 18.9 Å². The van der Waals surface area contributed by atoms with Crippen molar-refractivity contribution in [1.82, 2.24) is 0 Å². The van der Waals surface area contributed by atoms with Gasteiger partial charge in [-0.25, -0.2) is 9.59 Å². The van der Waals surface area contributed by atoms with E-state index in [9.17, 15) is 19.8 Å². The molecule has 340 valence electrons. The third-order valence-electron chi connectivity index (χ3n) is 11.1. The van der Waals surface area contributed by atoms with Crippen LogP contribution in [-0.2, 0) is 0 Å². The average molecular weight is 879 g/mol. The molecule has 0 aliphatic carbocycles. The summed E-state index contributed by atoms with van der Waals surface area (Å²) < 4.78 is 22.9. The Balaban J connectivity index is 0.843. The summed E-state index contributed by atoms with van der Waals surface area (Å²) in [6.45, 7) is 7.02. The number of aliphatic imine (C=N–C) groups is 2. The Morgan fingerprint density at radius 2 is 0.831 bits per heavy atom. The molecule has 0 saturated carbocycles. The molecule has 0 unspecified atom stereocenters. The Kier molecular flexibility index (Phi) is 18.8. The molecule has 0 fully saturated rings. The summed E-state index contributed by atoms with van der Waals surface area (Å²) in [5.41, 5.74) is 1.93. The van der Waals surface area contributed by atoms with Crippen molar-refractivity contribution < 1.29 is 38.7 Å². The van der Waals surface area contributed by atoms with Crippen molar-refractivity contribution in [2.24, 2.45) is 9.98 Å². The molecule has 0 radical (unpaired) electrons. The van der Waals surface area contributed by atoms with E-state index in [0.717, 1.165) is 90.8 Å². The largest absolute Gasteiger partial charge is 0.507 e. The second-order valence-corrected chi connectivity index (χ2v) is 16.3. The summed E-state index contributed by atoms with van der Waals surface area (Å²) >= 11 is 0. The summed E-state index contributed by atoms with van der Waals surface area (Å²) in [6, 6.07) is 32.0. The number of aromatic hydroxyl groups is 2. The quantitative estimate of drug-likeness (QED) is 0.0238. The van der Waals surface area contributed by atoms with Crippen LogP contribution >= 0.6 is 0 Å². The molecule has 0 bridgehead atoms. The number of phenols is 2. The van der Waals surface area contributed by atoms with Gasteiger partial charge in [0, 0.05) is 48.8 Å². The van der Waals surface area contributed by atoms with Crippen molar-refractivity contribution in [2.75, 3.05) is 26.3 Å². The molecule has 0 spiro atoms. The van der Waals surface area contributed by atoms with E-state index in [1.165, 1.54) is 37.8 Å². The number of hydrogen-bond acceptors (Lipinski definition) is 10. The van der Waals surface area contributed by atoms with Crippen molar-refractivity contribution in [1.29, 1.82) is 0 Å². The second-order valence-electron chi connectivity index (χ2n) is 16.3. The lowest BCUT2D eigenvalue weighted by molar-refractivity contribution is 0.0725. The highest BCUT2D eigenvalue weighted by molar-refractivity contribution is 5.98. The number of hydrogen-bond donors (Lipinski definition) is 2. The van der Waals surface area contributed by atoms with Crippen molar-refractivity contribution in [2.45, 2.75) is 97.3 Å². The molecule has 6 aromatic rings. The summed E-state index contributed by atoms with van der Waals surface area (Å²) in [4.78, 5) is 34.8. The fourth-order valence-corrected chi connectivity index (χ4v) is 7.31. The predicted molar refractivity (Wildman–Crippen MR) is 261 cm³/mol. The summed E-state index contributed by atoms with van der Waals surface area (Å²) in [6.07, 6.45) is 17.4. The molecule has 10 heteroatoms. The molecule has 65 heavy (non-hydrogen) atoms. The lowest BCUT2D eigenvalue weighted by Crippen LogP contribution is -2.08. The summed E-state index contributed by atoms with van der Waals surface area (Å²) in [5.74, 6) is 1.09. The highest BCUT2D eigenvalue weighted by Crippen LogP contribution is 2.28. The first-order chi connectivity index (χ1) is 31.8. The average Bonchev–Trinajstić information content (AvgIpc) is 3.31. The van der Waals surface area contributed by atoms with Gasteiger partial charge in [0.25, 0.3) is 0 Å². The maximum Gasteiger partial charge on any atom is 0.343 e. The highest BCUT2D eigenvalue weighted by Gasteiger charge is 2.13. The number of ether oxygens (including phenoxy) is 4. The molecule has 0 amide bonds. The second kappa shape index (κ2) is 25.6. The van der Waals surface area contributed by atoms with Gasteiger partial charge in [0.1, 0.15) is 34.5 Å². The van der Waals surface area contributed by atoms with E-state index in [2.05, 4.69) is 23.8 Å². The van der Waals surface area contributed by atoms with Gasteiger partial charge in [0.2, 0.25) is 0 Å². The molecule has 6 rings (SSSR count). The van der Waals surface area contributed by atoms with Gasteiger partial charge in [0.05, 0.1) is 24.3 Å². The van der Waals surface area contributed by atoms with Gasteiger partial charge in [0.15, 0.2) is 0 Å². The number of esters is 2. The van der Waals surface area contributed by atoms with Crippen molar-refractivity contribution in [3.63, 3.8) is 0 Å². The van der Waals surface area contributed by atoms with E-state index in [1.54, 1.807) is 61.0 Å². The Hall–Kier alpha value is -6.68. The Labute approximate surface area is 383 Å². The van der Waals surface area contributed by atoms with Gasteiger partial charge < -0.3 is 29.2 Å². The van der Waals surface area contributed by atoms with Gasteiger partial charge in [-0.15, -0.1) is 0 Å². The minimum atomic E-state index is -0.506. The first kappa shape index (κ1) is 47.8. The fraction of sp³-hybridized carbons (Fsp3) is 0.345. The topological polar surface area (TPSA) is 136 Å². The minimum absolute atomic E-state index is 0.0154. The molecule has 0 aliphatic rings. The van der Waals surface area contributed by atoms with Gasteiger partial charge in [-0.2, -0.15) is 0 Å². The zero-order valence-electron chi connectivity index (χ0n) is 37.8. The zero-order valence-corrected chi connectivity index (χ0v) is 37.8. The number of benzene rings is 6. The Morgan fingerprint density at radius 3 is 1.26 bits per heavy atom. The number of rotatable bonds is 26. The van der Waals surface area contributed by atoms with Gasteiger partial charge in [-0.3, -0.25) is 9.98 Å². The van der Waals surface area contributed by atoms with Crippen molar-refractivity contribution in [3.8, 4) is 34.5 Å². The van der Waals surface area contributed by atoms with Gasteiger partial charge in [-0.05, 0) is 120 Å². The number of phenolic OH excluding ortho intramolecular Hbond substituents is 2. The smallest absolute Gasteiger partial charge is 0.343 e. The molecule has 10 nitrogen and oxygen atoms in total. The molecule has 0 saturated heterocycles. The van der Waals surface area contributed by atoms with Crippen LogP contribution in [0.3, 0.4) is 0 Å². The van der Waals surface area contributed by atoms with Crippen LogP contribution in [0.15, 0.2) is 119 Å². The van der Waals surface area contributed by atoms with Gasteiger partial charge in [-0.1, -0.05) is 95.9 Å². The first-order valence-corrected chi connectivity index (χ1v) is 23.2. The van der Waals surface area contributed by atoms with Crippen LogP contribution in [0.25, 0.3) is 21.5 Å². The molecular formula is C55H62N2O8. The summed E-state index contributed by atoms with van der Waals surface area (Å²) in [5, 5.41) is 24.9. The van der Waals surface area contributed by atoms with Crippen LogP contribution in [0.2, 0.25) is 0 Å². The number of unbranched alkanes of at least 4 members (excludes halogenated alkanes) is 10. The Morgan fingerprint density at radius 1 is 0.446 bits per heavy atom. The molecular weight excluding hydrogens is 817 g/mol. The third kappa shape index (κ3) is 15.2. The third-order valence-corrected chi connectivity index (χ3v) is 11.1. The molecule has 6 aromatic carbocycles. The normalized spacial score (nSPS) is 11.5. The van der Waals surface area contributed by atoms with E-state index < -0.39 is 11.9 Å². The van der Waals surface area contributed by atoms with Crippen LogP contribution in [0, 0.1) is 0 Å². The number of carbonyl (C=O) groups is 2. The lowest BCUT2D eigenvalue weighted by atomic mass is 10.1. The van der Waals surface area contributed by atoms with E-state index >= 15 is 0 Å². The fourth-order valence-electron chi connectivity index (χ4n) is 7.31. The maximum atomic E-state index is 12.9. The number of carbonyl (C=O) groups excluding carboxylic acids is 2. The monoisotopic (exact) mass is 878 g/mol. The van der Waals surface area contributed by atoms with E-state index in [0.29, 0.717) is 48.6 Å². The van der Waals surface area contributed by atoms with Crippen LogP contribution < -0.4 is 18.9 Å².